The van der Waals surface area contributed by atoms with Gasteiger partial charge in [0, 0.05) is 12.6 Å². The summed E-state index contributed by atoms with van der Waals surface area (Å²) in [6.45, 7) is 2.21. The number of methoxy groups -OCH3 is 2. The third-order valence-electron chi connectivity index (χ3n) is 2.00. The minimum Gasteiger partial charge on any atom is -0.497 e. The molecule has 0 unspecified atom stereocenters. The largest absolute Gasteiger partial charge is 0.497 e. The molecule has 0 radical (unpaired) electrons. The van der Waals surface area contributed by atoms with E-state index >= 15 is 0 Å². The van der Waals surface area contributed by atoms with Gasteiger partial charge in [0.05, 0.1) is 26.0 Å². The summed E-state index contributed by atoms with van der Waals surface area (Å²) in [7, 11) is 3.21. The molecule has 0 saturated carbocycles. The van der Waals surface area contributed by atoms with Crippen molar-refractivity contribution in [1.82, 2.24) is 0 Å². The van der Waals surface area contributed by atoms with Crippen LogP contribution in [0.4, 0.5) is 5.69 Å². The van der Waals surface area contributed by atoms with Gasteiger partial charge in [0.15, 0.2) is 0 Å². The van der Waals surface area contributed by atoms with Crippen LogP contribution < -0.4 is 14.8 Å². The van der Waals surface area contributed by atoms with Gasteiger partial charge in [0.1, 0.15) is 11.5 Å². The number of hydrogen-bond donors (Lipinski definition) is 2. The Hall–Kier alpha value is -1.42. The van der Waals surface area contributed by atoms with Crippen LogP contribution in [0.3, 0.4) is 0 Å². The lowest BCUT2D eigenvalue weighted by Gasteiger charge is -2.13. The molecular formula is C11H17NO3. The lowest BCUT2D eigenvalue weighted by Crippen LogP contribution is -2.15. The second-order valence-corrected chi connectivity index (χ2v) is 3.30. The van der Waals surface area contributed by atoms with Gasteiger partial charge in [-0.05, 0) is 19.1 Å². The van der Waals surface area contributed by atoms with E-state index in [1.54, 1.807) is 27.2 Å². The average Bonchev–Trinajstić information content (AvgIpc) is 2.25. The van der Waals surface area contributed by atoms with E-state index < -0.39 is 6.10 Å². The van der Waals surface area contributed by atoms with Crippen molar-refractivity contribution >= 4 is 5.69 Å². The highest BCUT2D eigenvalue weighted by Crippen LogP contribution is 2.28. The molecular weight excluding hydrogens is 194 g/mol. The Morgan fingerprint density at radius 3 is 2.60 bits per heavy atom. The monoisotopic (exact) mass is 211 g/mol. The van der Waals surface area contributed by atoms with Gasteiger partial charge in [-0.2, -0.15) is 0 Å². The molecule has 0 aliphatic heterocycles. The summed E-state index contributed by atoms with van der Waals surface area (Å²) in [4.78, 5) is 0. The van der Waals surface area contributed by atoms with Crippen molar-refractivity contribution in [3.05, 3.63) is 18.2 Å². The van der Waals surface area contributed by atoms with Crippen LogP contribution >= 0.6 is 0 Å². The number of ether oxygens (including phenoxy) is 2. The lowest BCUT2D eigenvalue weighted by atomic mass is 10.2. The highest BCUT2D eigenvalue weighted by atomic mass is 16.5. The summed E-state index contributed by atoms with van der Waals surface area (Å²) in [6.07, 6.45) is -0.392. The molecule has 0 aliphatic rings. The van der Waals surface area contributed by atoms with Gasteiger partial charge in [-0.15, -0.1) is 0 Å². The van der Waals surface area contributed by atoms with Crippen LogP contribution in [-0.2, 0) is 0 Å². The molecule has 0 amide bonds. The molecule has 4 heteroatoms. The Morgan fingerprint density at radius 2 is 2.07 bits per heavy atom. The summed E-state index contributed by atoms with van der Waals surface area (Å²) in [5, 5.41) is 12.2. The Labute approximate surface area is 89.8 Å². The number of anilines is 1. The molecule has 0 saturated heterocycles. The van der Waals surface area contributed by atoms with E-state index in [2.05, 4.69) is 5.32 Å². The van der Waals surface area contributed by atoms with Crippen LogP contribution in [0.1, 0.15) is 6.92 Å². The van der Waals surface area contributed by atoms with Crippen LogP contribution in [0, 0.1) is 0 Å². The SMILES string of the molecule is COc1ccc(NC[C@H](C)O)c(OC)c1. The predicted octanol–water partition coefficient (Wildman–Crippen LogP) is 1.50. The molecule has 0 fully saturated rings. The molecule has 84 valence electrons. The first-order chi connectivity index (χ1) is 7.17. The van der Waals surface area contributed by atoms with Crippen LogP contribution in [0.25, 0.3) is 0 Å². The van der Waals surface area contributed by atoms with E-state index in [1.807, 2.05) is 12.1 Å². The van der Waals surface area contributed by atoms with Crippen molar-refractivity contribution in [2.45, 2.75) is 13.0 Å². The molecule has 4 nitrogen and oxygen atoms in total. The van der Waals surface area contributed by atoms with Crippen molar-refractivity contribution in [1.29, 1.82) is 0 Å². The first-order valence-electron chi connectivity index (χ1n) is 4.81. The first-order valence-corrected chi connectivity index (χ1v) is 4.81. The fraction of sp³-hybridized carbons (Fsp3) is 0.455. The van der Waals surface area contributed by atoms with Crippen LogP contribution in [0.2, 0.25) is 0 Å². The standard InChI is InChI=1S/C11H17NO3/c1-8(13)7-12-10-5-4-9(14-2)6-11(10)15-3/h4-6,8,12-13H,7H2,1-3H3/t8-/m0/s1. The molecule has 1 aromatic rings. The highest BCUT2D eigenvalue weighted by Gasteiger charge is 2.05. The normalized spacial score (nSPS) is 12.0. The highest BCUT2D eigenvalue weighted by molar-refractivity contribution is 5.59. The van der Waals surface area contributed by atoms with E-state index in [4.69, 9.17) is 14.6 Å². The lowest BCUT2D eigenvalue weighted by molar-refractivity contribution is 0.208. The summed E-state index contributed by atoms with van der Waals surface area (Å²) in [5.41, 5.74) is 0.846. The van der Waals surface area contributed by atoms with Crippen molar-refractivity contribution in [2.75, 3.05) is 26.1 Å². The van der Waals surface area contributed by atoms with E-state index in [0.717, 1.165) is 11.4 Å². The molecule has 0 spiro atoms. The number of nitrogens with one attached hydrogen (secondary N) is 1. The quantitative estimate of drug-likeness (QED) is 0.775. The molecule has 0 bridgehead atoms. The van der Waals surface area contributed by atoms with Crippen LogP contribution in [0.15, 0.2) is 18.2 Å². The van der Waals surface area contributed by atoms with Gasteiger partial charge in [-0.25, -0.2) is 0 Å². The van der Waals surface area contributed by atoms with E-state index in [1.165, 1.54) is 0 Å². The summed E-state index contributed by atoms with van der Waals surface area (Å²) >= 11 is 0. The van der Waals surface area contributed by atoms with E-state index in [9.17, 15) is 0 Å². The molecule has 0 heterocycles. The molecule has 1 atom stereocenters. The van der Waals surface area contributed by atoms with Gasteiger partial charge in [-0.3, -0.25) is 0 Å². The summed E-state index contributed by atoms with van der Waals surface area (Å²) < 4.78 is 10.3. The number of aliphatic hydroxyl groups excluding tert-OH is 1. The number of benzene rings is 1. The second-order valence-electron chi connectivity index (χ2n) is 3.30. The first kappa shape index (κ1) is 11.7. The Morgan fingerprint density at radius 1 is 1.33 bits per heavy atom. The molecule has 1 rings (SSSR count). The third-order valence-corrected chi connectivity index (χ3v) is 2.00. The smallest absolute Gasteiger partial charge is 0.145 e. The Kier molecular flexibility index (Phi) is 4.24. The number of rotatable bonds is 5. The summed E-state index contributed by atoms with van der Waals surface area (Å²) in [6, 6.07) is 5.50. The van der Waals surface area contributed by atoms with E-state index in [0.29, 0.717) is 12.3 Å². The topological polar surface area (TPSA) is 50.7 Å². The van der Waals surface area contributed by atoms with Crippen molar-refractivity contribution in [3.8, 4) is 11.5 Å². The maximum atomic E-state index is 9.15. The fourth-order valence-corrected chi connectivity index (χ4v) is 1.20. The van der Waals surface area contributed by atoms with Gasteiger partial charge in [0.2, 0.25) is 0 Å². The average molecular weight is 211 g/mol. The molecule has 0 aliphatic carbocycles. The van der Waals surface area contributed by atoms with Gasteiger partial charge < -0.3 is 19.9 Å². The van der Waals surface area contributed by atoms with E-state index in [-0.39, 0.29) is 0 Å². The maximum Gasteiger partial charge on any atom is 0.145 e. The zero-order valence-electron chi connectivity index (χ0n) is 9.28. The fourth-order valence-electron chi connectivity index (χ4n) is 1.20. The minimum absolute atomic E-state index is 0.392. The molecule has 1 aromatic carbocycles. The molecule has 2 N–H and O–H groups in total. The van der Waals surface area contributed by atoms with Crippen LogP contribution in [-0.4, -0.2) is 32.0 Å². The number of hydrogen-bond acceptors (Lipinski definition) is 4. The van der Waals surface area contributed by atoms with Gasteiger partial charge >= 0.3 is 0 Å². The predicted molar refractivity (Wildman–Crippen MR) is 59.7 cm³/mol. The third kappa shape index (κ3) is 3.32. The number of aliphatic hydroxyl groups is 1. The van der Waals surface area contributed by atoms with Crippen molar-refractivity contribution < 1.29 is 14.6 Å². The Balaban J connectivity index is 2.78. The zero-order chi connectivity index (χ0) is 11.3. The van der Waals surface area contributed by atoms with Gasteiger partial charge in [-0.1, -0.05) is 0 Å². The minimum atomic E-state index is -0.392. The Bertz CT molecular complexity index is 313. The van der Waals surface area contributed by atoms with Crippen molar-refractivity contribution in [3.63, 3.8) is 0 Å². The summed E-state index contributed by atoms with van der Waals surface area (Å²) in [5.74, 6) is 1.45. The molecule has 0 aromatic heterocycles. The zero-order valence-corrected chi connectivity index (χ0v) is 9.28. The maximum absolute atomic E-state index is 9.15. The van der Waals surface area contributed by atoms with Crippen molar-refractivity contribution in [2.24, 2.45) is 0 Å². The van der Waals surface area contributed by atoms with Gasteiger partial charge in [0.25, 0.3) is 0 Å². The molecule has 15 heavy (non-hydrogen) atoms. The second kappa shape index (κ2) is 5.46. The van der Waals surface area contributed by atoms with Crippen LogP contribution in [0.5, 0.6) is 11.5 Å².